The van der Waals surface area contributed by atoms with Crippen molar-refractivity contribution in [1.82, 2.24) is 4.72 Å². The number of aliphatic hydroxyl groups is 1. The van der Waals surface area contributed by atoms with Gasteiger partial charge in [-0.1, -0.05) is 30.7 Å². The van der Waals surface area contributed by atoms with Crippen LogP contribution < -0.4 is 14.4 Å². The average molecular weight is 655 g/mol. The summed E-state index contributed by atoms with van der Waals surface area (Å²) in [6.45, 7) is 3.84. The molecule has 1 fully saturated rings. The first-order valence-electron chi connectivity index (χ1n) is 15.0. The predicted molar refractivity (Wildman–Crippen MR) is 163 cm³/mol. The number of amides is 1. The Kier molecular flexibility index (Phi) is 9.31. The maximum atomic E-state index is 14.5. The molecule has 240 valence electrons. The summed E-state index contributed by atoms with van der Waals surface area (Å²) in [5.74, 6) is -2.58. The van der Waals surface area contributed by atoms with Gasteiger partial charge in [-0.25, -0.2) is 13.1 Å². The second kappa shape index (κ2) is 12.6. The van der Waals surface area contributed by atoms with Crippen LogP contribution in [-0.2, 0) is 23.1 Å². The van der Waals surface area contributed by atoms with Gasteiger partial charge in [0.15, 0.2) is 5.60 Å². The lowest BCUT2D eigenvalue weighted by Gasteiger charge is -2.48. The molecule has 5 rings (SSSR count). The van der Waals surface area contributed by atoms with Crippen molar-refractivity contribution in [2.45, 2.75) is 76.0 Å². The molecule has 5 atom stereocenters. The Balaban J connectivity index is 1.59. The molecule has 44 heavy (non-hydrogen) atoms. The predicted octanol–water partition coefficient (Wildman–Crippen LogP) is 6.43. The summed E-state index contributed by atoms with van der Waals surface area (Å²) in [5, 5.41) is 10.7. The molecule has 2 bridgehead atoms. The molecule has 12 heteroatoms. The molecule has 0 unspecified atom stereocenters. The molecule has 2 aromatic carbocycles. The SMILES string of the molecule is C[C@@H]1[C@@H](C)C/C=C\[C@@](O)(C(F)(F)F)[C@@H]2CC[C@H]2CN2CCCCc3cc(Cl)ccc3COc3ccc(cc32)C(=O)NS1(=O)=O. The van der Waals surface area contributed by atoms with Crippen molar-refractivity contribution in [1.29, 1.82) is 0 Å². The normalized spacial score (nSPS) is 30.3. The number of benzene rings is 2. The minimum absolute atomic E-state index is 0.0258. The molecule has 0 saturated heterocycles. The number of halogens is 4. The second-order valence-corrected chi connectivity index (χ2v) is 14.8. The van der Waals surface area contributed by atoms with E-state index in [0.29, 0.717) is 35.8 Å². The van der Waals surface area contributed by atoms with Crippen molar-refractivity contribution in [3.63, 3.8) is 0 Å². The van der Waals surface area contributed by atoms with Gasteiger partial charge in [0.2, 0.25) is 10.0 Å². The molecule has 1 aliphatic carbocycles. The summed E-state index contributed by atoms with van der Waals surface area (Å²) in [6.07, 6.45) is -0.0343. The van der Waals surface area contributed by atoms with Crippen LogP contribution in [0.4, 0.5) is 18.9 Å². The Hall–Kier alpha value is -2.76. The smallest absolute Gasteiger partial charge is 0.421 e. The number of rotatable bonds is 0. The number of hydrogen-bond acceptors (Lipinski definition) is 6. The molecule has 3 aliphatic rings. The van der Waals surface area contributed by atoms with Crippen molar-refractivity contribution in [2.75, 3.05) is 18.0 Å². The van der Waals surface area contributed by atoms with Gasteiger partial charge in [0.25, 0.3) is 5.91 Å². The number of ether oxygens (including phenoxy) is 1. The zero-order valence-electron chi connectivity index (χ0n) is 24.7. The fourth-order valence-electron chi connectivity index (χ4n) is 6.40. The average Bonchev–Trinajstić information content (AvgIpc) is 2.96. The van der Waals surface area contributed by atoms with Crippen LogP contribution in [-0.4, -0.2) is 49.5 Å². The summed E-state index contributed by atoms with van der Waals surface area (Å²) in [6, 6.07) is 10.2. The quantitative estimate of drug-likeness (QED) is 0.318. The molecular formula is C32H38ClF3N2O5S. The van der Waals surface area contributed by atoms with Gasteiger partial charge in [-0.15, -0.1) is 0 Å². The van der Waals surface area contributed by atoms with Gasteiger partial charge in [0, 0.05) is 29.6 Å². The van der Waals surface area contributed by atoms with Crippen LogP contribution in [0, 0.1) is 17.8 Å². The first-order chi connectivity index (χ1) is 20.7. The van der Waals surface area contributed by atoms with Crippen molar-refractivity contribution in [3.05, 3.63) is 70.3 Å². The van der Waals surface area contributed by atoms with Gasteiger partial charge in [-0.2, -0.15) is 13.2 Å². The van der Waals surface area contributed by atoms with Crippen molar-refractivity contribution >= 4 is 33.2 Å². The number of anilines is 1. The molecule has 0 aromatic heterocycles. The highest BCUT2D eigenvalue weighted by Gasteiger charge is 2.61. The standard InChI is InChI=1S/C32H38ClF3N2O5S/c1-20-6-5-14-31(40,32(34,35)36)27-12-9-24(27)18-38-15-4-3-7-22-16-26(33)11-8-25(22)19-43-29-13-10-23(17-28(29)38)30(39)37-44(41,42)21(20)2/h5,8,10-11,13-14,16-17,20-21,24,27,40H,3-4,6-7,9,12,15,18-19H2,1-2H3,(H,37,39)/b14-5-/t20-,21+,24-,27+,31-/m0/s1. The fourth-order valence-corrected chi connectivity index (χ4v) is 7.88. The summed E-state index contributed by atoms with van der Waals surface area (Å²) in [5.41, 5.74) is -0.492. The highest BCUT2D eigenvalue weighted by Crippen LogP contribution is 2.50. The number of aryl methyl sites for hydroxylation is 1. The van der Waals surface area contributed by atoms with E-state index in [1.807, 2.05) is 17.0 Å². The van der Waals surface area contributed by atoms with Gasteiger partial charge in [-0.3, -0.25) is 4.79 Å². The molecule has 2 aliphatic heterocycles. The number of alkyl halides is 3. The number of carbonyl (C=O) groups is 1. The van der Waals surface area contributed by atoms with Crippen LogP contribution in [0.15, 0.2) is 48.6 Å². The molecule has 2 aromatic rings. The van der Waals surface area contributed by atoms with Crippen LogP contribution in [0.3, 0.4) is 0 Å². The molecule has 0 spiro atoms. The lowest BCUT2D eigenvalue weighted by Crippen LogP contribution is -2.57. The number of carbonyl (C=O) groups excluding carboxylic acids is 1. The number of nitrogens with zero attached hydrogens (tertiary/aromatic N) is 1. The van der Waals surface area contributed by atoms with Crippen LogP contribution in [0.5, 0.6) is 5.75 Å². The van der Waals surface area contributed by atoms with Crippen molar-refractivity contribution in [2.24, 2.45) is 17.8 Å². The Labute approximate surface area is 261 Å². The first kappa shape index (κ1) is 32.6. The van der Waals surface area contributed by atoms with E-state index in [1.165, 1.54) is 19.1 Å². The van der Waals surface area contributed by atoms with E-state index in [4.69, 9.17) is 16.3 Å². The van der Waals surface area contributed by atoms with Gasteiger partial charge in [0.05, 0.1) is 10.9 Å². The molecule has 7 nitrogen and oxygen atoms in total. The van der Waals surface area contributed by atoms with Crippen molar-refractivity contribution in [3.8, 4) is 5.75 Å². The van der Waals surface area contributed by atoms with E-state index in [1.54, 1.807) is 25.1 Å². The number of nitrogens with one attached hydrogen (secondary N) is 1. The molecule has 2 heterocycles. The molecular weight excluding hydrogens is 617 g/mol. The van der Waals surface area contributed by atoms with E-state index in [-0.39, 0.29) is 31.6 Å². The fraction of sp³-hybridized carbons (Fsp3) is 0.531. The summed E-state index contributed by atoms with van der Waals surface area (Å²) in [7, 11) is -4.18. The van der Waals surface area contributed by atoms with E-state index in [0.717, 1.165) is 30.0 Å². The van der Waals surface area contributed by atoms with Crippen LogP contribution in [0.2, 0.25) is 5.02 Å². The number of hydrogen-bond donors (Lipinski definition) is 2. The Morgan fingerprint density at radius 3 is 2.57 bits per heavy atom. The molecule has 1 saturated carbocycles. The van der Waals surface area contributed by atoms with E-state index < -0.39 is 50.7 Å². The van der Waals surface area contributed by atoms with Gasteiger partial charge in [-0.05, 0) is 105 Å². The van der Waals surface area contributed by atoms with Crippen molar-refractivity contribution < 1.29 is 36.2 Å². The minimum atomic E-state index is -4.92. The van der Waals surface area contributed by atoms with Gasteiger partial charge in [0.1, 0.15) is 12.4 Å². The summed E-state index contributed by atoms with van der Waals surface area (Å²) in [4.78, 5) is 15.2. The van der Waals surface area contributed by atoms with Gasteiger partial charge >= 0.3 is 6.18 Å². The third-order valence-corrected chi connectivity index (χ3v) is 11.7. The zero-order valence-corrected chi connectivity index (χ0v) is 26.3. The Bertz CT molecular complexity index is 1530. The lowest BCUT2D eigenvalue weighted by molar-refractivity contribution is -0.273. The monoisotopic (exact) mass is 654 g/mol. The van der Waals surface area contributed by atoms with E-state index in [9.17, 15) is 31.5 Å². The van der Waals surface area contributed by atoms with Crippen LogP contribution >= 0.6 is 11.6 Å². The van der Waals surface area contributed by atoms with E-state index in [2.05, 4.69) is 4.72 Å². The Morgan fingerprint density at radius 1 is 1.09 bits per heavy atom. The second-order valence-electron chi connectivity index (χ2n) is 12.4. The molecule has 1 amide bonds. The van der Waals surface area contributed by atoms with E-state index >= 15 is 0 Å². The maximum Gasteiger partial charge on any atom is 0.421 e. The third-order valence-electron chi connectivity index (χ3n) is 9.53. The first-order valence-corrected chi connectivity index (χ1v) is 16.9. The molecule has 2 N–H and O–H groups in total. The highest BCUT2D eigenvalue weighted by atomic mass is 35.5. The van der Waals surface area contributed by atoms with Gasteiger partial charge < -0.3 is 14.7 Å². The topological polar surface area (TPSA) is 95.9 Å². The lowest BCUT2D eigenvalue weighted by atomic mass is 9.64. The maximum absolute atomic E-state index is 14.5. The molecule has 0 radical (unpaired) electrons. The number of fused-ring (bicyclic) bond motifs is 3. The zero-order chi connectivity index (χ0) is 31.9. The summed E-state index contributed by atoms with van der Waals surface area (Å²) >= 11 is 6.25. The Morgan fingerprint density at radius 2 is 1.86 bits per heavy atom. The van der Waals surface area contributed by atoms with Crippen LogP contribution in [0.25, 0.3) is 0 Å². The van der Waals surface area contributed by atoms with Crippen LogP contribution in [0.1, 0.15) is 67.4 Å². The highest BCUT2D eigenvalue weighted by molar-refractivity contribution is 7.90. The minimum Gasteiger partial charge on any atom is -0.487 e. The number of allylic oxidation sites excluding steroid dienone is 1. The largest absolute Gasteiger partial charge is 0.487 e. The number of sulfonamides is 1. The summed E-state index contributed by atoms with van der Waals surface area (Å²) < 4.78 is 78.1. The third kappa shape index (κ3) is 6.60.